The van der Waals surface area contributed by atoms with Crippen molar-refractivity contribution in [3.63, 3.8) is 0 Å². The fraction of sp³-hybridized carbons (Fsp3) is 0.375. The highest BCUT2D eigenvalue weighted by atomic mass is 16.5. The number of fused-ring (bicyclic) bond motifs is 11. The highest BCUT2D eigenvalue weighted by molar-refractivity contribution is 6.05. The molecule has 2 aromatic rings. The van der Waals surface area contributed by atoms with Gasteiger partial charge in [0.2, 0.25) is 0 Å². The van der Waals surface area contributed by atoms with E-state index in [1.54, 1.807) is 7.11 Å². The molecule has 3 nitrogen and oxygen atoms in total. The molecule has 2 aliphatic heterocycles. The van der Waals surface area contributed by atoms with Crippen molar-refractivity contribution < 1.29 is 14.3 Å². The fourth-order valence-electron chi connectivity index (χ4n) is 6.75. The maximum atomic E-state index is 13.8. The molecule has 6 unspecified atom stereocenters. The molecule has 1 saturated carbocycles. The van der Waals surface area contributed by atoms with Gasteiger partial charge >= 0.3 is 0 Å². The minimum absolute atomic E-state index is 0.0424. The number of rotatable bonds is 2. The minimum Gasteiger partial charge on any atom is -0.500 e. The van der Waals surface area contributed by atoms with E-state index in [-0.39, 0.29) is 35.2 Å². The second kappa shape index (κ2) is 4.53. The molecular formula is C24H20O3. The summed E-state index contributed by atoms with van der Waals surface area (Å²) in [7, 11) is 1.73. The highest BCUT2D eigenvalue weighted by Crippen LogP contribution is 2.72. The second-order valence-corrected chi connectivity index (χ2v) is 8.70. The molecule has 2 bridgehead atoms. The summed E-state index contributed by atoms with van der Waals surface area (Å²) in [5.74, 6) is 1.67. The van der Waals surface area contributed by atoms with Gasteiger partial charge in [-0.3, -0.25) is 4.79 Å². The number of Topliss-reactive ketones (excluding diaryl/α,β-unsaturated/α-hetero) is 1. The van der Waals surface area contributed by atoms with Gasteiger partial charge in [0.25, 0.3) is 0 Å². The molecule has 134 valence electrons. The van der Waals surface area contributed by atoms with Gasteiger partial charge in [0.15, 0.2) is 5.78 Å². The molecule has 3 heteroatoms. The summed E-state index contributed by atoms with van der Waals surface area (Å²) in [6, 6.07) is 17.0. The Kier molecular flexibility index (Phi) is 2.46. The molecule has 7 rings (SSSR count). The van der Waals surface area contributed by atoms with Crippen LogP contribution in [0.4, 0.5) is 0 Å². The molecule has 5 aliphatic rings. The molecule has 0 radical (unpaired) electrons. The minimum atomic E-state index is -0.114. The summed E-state index contributed by atoms with van der Waals surface area (Å²) in [6.07, 6.45) is 2.01. The maximum Gasteiger partial charge on any atom is 0.170 e. The number of allylic oxidation sites excluding steroid dienone is 1. The first-order chi connectivity index (χ1) is 13.3. The maximum absolute atomic E-state index is 13.8. The first-order valence-electron chi connectivity index (χ1n) is 9.91. The molecular weight excluding hydrogens is 336 g/mol. The number of ketones is 1. The van der Waals surface area contributed by atoms with E-state index in [1.807, 2.05) is 6.07 Å². The van der Waals surface area contributed by atoms with E-state index in [0.717, 1.165) is 24.2 Å². The van der Waals surface area contributed by atoms with Crippen molar-refractivity contribution in [2.45, 2.75) is 30.5 Å². The third kappa shape index (κ3) is 1.47. The van der Waals surface area contributed by atoms with Crippen molar-refractivity contribution in [1.82, 2.24) is 0 Å². The van der Waals surface area contributed by atoms with Gasteiger partial charge in [0.1, 0.15) is 5.76 Å². The molecule has 0 aromatic heterocycles. The van der Waals surface area contributed by atoms with Gasteiger partial charge in [-0.25, -0.2) is 0 Å². The van der Waals surface area contributed by atoms with Crippen molar-refractivity contribution in [2.75, 3.05) is 7.11 Å². The summed E-state index contributed by atoms with van der Waals surface area (Å²) in [4.78, 5) is 13.8. The van der Waals surface area contributed by atoms with Crippen LogP contribution in [0.15, 0.2) is 59.9 Å². The fourth-order valence-corrected chi connectivity index (χ4v) is 6.75. The number of carbonyl (C=O) groups excluding carboxylic acids is 1. The monoisotopic (exact) mass is 356 g/mol. The zero-order valence-electron chi connectivity index (χ0n) is 15.1. The molecule has 0 spiro atoms. The van der Waals surface area contributed by atoms with E-state index < -0.39 is 0 Å². The van der Waals surface area contributed by atoms with Crippen LogP contribution < -0.4 is 0 Å². The molecule has 2 heterocycles. The van der Waals surface area contributed by atoms with Gasteiger partial charge < -0.3 is 9.47 Å². The molecule has 0 N–H and O–H groups in total. The summed E-state index contributed by atoms with van der Waals surface area (Å²) in [6.45, 7) is 0. The second-order valence-electron chi connectivity index (χ2n) is 8.70. The lowest BCUT2D eigenvalue weighted by atomic mass is 9.76. The Morgan fingerprint density at radius 3 is 2.48 bits per heavy atom. The highest BCUT2D eigenvalue weighted by Gasteiger charge is 2.70. The Bertz CT molecular complexity index is 1070. The zero-order valence-corrected chi connectivity index (χ0v) is 15.1. The Labute approximate surface area is 158 Å². The largest absolute Gasteiger partial charge is 0.500 e. The molecule has 2 aromatic carbocycles. The van der Waals surface area contributed by atoms with Gasteiger partial charge in [0, 0.05) is 11.0 Å². The summed E-state index contributed by atoms with van der Waals surface area (Å²) >= 11 is 0. The number of methoxy groups -OCH3 is 1. The van der Waals surface area contributed by atoms with Crippen LogP contribution in [0.25, 0.3) is 0 Å². The summed E-state index contributed by atoms with van der Waals surface area (Å²) < 4.78 is 12.3. The van der Waals surface area contributed by atoms with E-state index in [0.29, 0.717) is 5.92 Å². The van der Waals surface area contributed by atoms with E-state index in [2.05, 4.69) is 42.5 Å². The van der Waals surface area contributed by atoms with Crippen LogP contribution in [0.1, 0.15) is 40.9 Å². The Morgan fingerprint density at radius 1 is 1.00 bits per heavy atom. The van der Waals surface area contributed by atoms with Gasteiger partial charge in [-0.05, 0) is 41.0 Å². The van der Waals surface area contributed by atoms with E-state index in [4.69, 9.17) is 9.47 Å². The first-order valence-corrected chi connectivity index (χ1v) is 9.91. The van der Waals surface area contributed by atoms with Gasteiger partial charge in [-0.1, -0.05) is 48.5 Å². The van der Waals surface area contributed by atoms with Crippen molar-refractivity contribution in [1.29, 1.82) is 0 Å². The third-order valence-corrected chi connectivity index (χ3v) is 7.78. The quantitative estimate of drug-likeness (QED) is 0.815. The van der Waals surface area contributed by atoms with Crippen molar-refractivity contribution in [3.8, 4) is 0 Å². The number of hydrogen-bond acceptors (Lipinski definition) is 3. The lowest BCUT2D eigenvalue weighted by molar-refractivity contribution is -0.120. The molecule has 6 atom stereocenters. The number of ether oxygens (including phenoxy) is 2. The Morgan fingerprint density at radius 2 is 1.70 bits per heavy atom. The van der Waals surface area contributed by atoms with Crippen molar-refractivity contribution >= 4 is 5.78 Å². The summed E-state index contributed by atoms with van der Waals surface area (Å²) in [5, 5.41) is 0. The van der Waals surface area contributed by atoms with Gasteiger partial charge in [0.05, 0.1) is 31.2 Å². The Balaban J connectivity index is 1.42. The lowest BCUT2D eigenvalue weighted by Gasteiger charge is -2.24. The standard InChI is InChI=1S/C24H20O3/c1-26-23-18-17(21-14-7-3-4-8-15(14)22(18)27-21)20(25)19(23)24-11-13(24)10-12-6-2-5-9-16(12)24/h2-9,13,17-18,21-22H,10-11H2,1H3. The molecule has 1 saturated heterocycles. The predicted molar refractivity (Wildman–Crippen MR) is 99.0 cm³/mol. The average Bonchev–Trinajstić information content (AvgIpc) is 3.04. The van der Waals surface area contributed by atoms with Crippen LogP contribution in [-0.4, -0.2) is 12.9 Å². The van der Waals surface area contributed by atoms with E-state index >= 15 is 0 Å². The molecule has 27 heavy (non-hydrogen) atoms. The third-order valence-electron chi connectivity index (χ3n) is 7.78. The van der Waals surface area contributed by atoms with Crippen molar-refractivity contribution in [2.24, 2.45) is 17.8 Å². The van der Waals surface area contributed by atoms with Gasteiger partial charge in [-0.2, -0.15) is 0 Å². The average molecular weight is 356 g/mol. The topological polar surface area (TPSA) is 35.5 Å². The number of benzene rings is 2. The van der Waals surface area contributed by atoms with Crippen LogP contribution >= 0.6 is 0 Å². The molecule has 2 fully saturated rings. The van der Waals surface area contributed by atoms with Crippen LogP contribution in [0.5, 0.6) is 0 Å². The normalized spacial score (nSPS) is 39.3. The zero-order chi connectivity index (χ0) is 17.9. The first kappa shape index (κ1) is 14.6. The van der Waals surface area contributed by atoms with Crippen LogP contribution in [-0.2, 0) is 26.1 Å². The molecule has 3 aliphatic carbocycles. The Hall–Kier alpha value is -2.39. The number of carbonyl (C=O) groups is 1. The van der Waals surface area contributed by atoms with Crippen molar-refractivity contribution in [3.05, 3.63) is 82.1 Å². The summed E-state index contributed by atoms with van der Waals surface area (Å²) in [5.41, 5.74) is 6.08. The van der Waals surface area contributed by atoms with E-state index in [9.17, 15) is 4.79 Å². The smallest absolute Gasteiger partial charge is 0.170 e. The predicted octanol–water partition coefficient (Wildman–Crippen LogP) is 4.04. The van der Waals surface area contributed by atoms with Gasteiger partial charge in [-0.15, -0.1) is 0 Å². The van der Waals surface area contributed by atoms with Crippen LogP contribution in [0.3, 0.4) is 0 Å². The number of hydrogen-bond donors (Lipinski definition) is 0. The van der Waals surface area contributed by atoms with Crippen LogP contribution in [0.2, 0.25) is 0 Å². The van der Waals surface area contributed by atoms with E-state index in [1.165, 1.54) is 22.3 Å². The van der Waals surface area contributed by atoms with Crippen LogP contribution in [0, 0.1) is 17.8 Å². The lowest BCUT2D eigenvalue weighted by Crippen LogP contribution is -2.26. The SMILES string of the molecule is COC1=C(C23CC2Cc2ccccc23)C(=O)C2C3OC(c4ccccc43)C12. The molecule has 0 amide bonds.